The minimum absolute atomic E-state index is 0.0698. The van der Waals surface area contributed by atoms with Crippen molar-refractivity contribution in [2.24, 2.45) is 0 Å². The van der Waals surface area contributed by atoms with Gasteiger partial charge in [0.05, 0.1) is 0 Å². The molecule has 0 spiro atoms. The van der Waals surface area contributed by atoms with Crippen LogP contribution in [-0.4, -0.2) is 8.42 Å². The summed E-state index contributed by atoms with van der Waals surface area (Å²) in [7, 11) is -3.78. The molecule has 3 nitrogen and oxygen atoms in total. The van der Waals surface area contributed by atoms with Crippen LogP contribution < -0.4 is 0 Å². The average molecular weight is 266 g/mol. The lowest BCUT2D eigenvalue weighted by Gasteiger charge is -2.08. The van der Waals surface area contributed by atoms with Crippen molar-refractivity contribution < 1.29 is 12.6 Å². The van der Waals surface area contributed by atoms with Gasteiger partial charge in [-0.25, -0.2) is 0 Å². The summed E-state index contributed by atoms with van der Waals surface area (Å²) >= 11 is 0. The van der Waals surface area contributed by atoms with Crippen molar-refractivity contribution in [3.63, 3.8) is 0 Å². The highest BCUT2D eigenvalue weighted by molar-refractivity contribution is 7.91. The van der Waals surface area contributed by atoms with E-state index in [9.17, 15) is 8.42 Å². The molecule has 0 fully saturated rings. The van der Waals surface area contributed by atoms with E-state index in [1.54, 1.807) is 19.1 Å². The number of hydrogen-bond acceptors (Lipinski definition) is 3. The van der Waals surface area contributed by atoms with E-state index in [0.29, 0.717) is 5.76 Å². The Morgan fingerprint density at radius 1 is 1.39 bits per heavy atom. The Balaban J connectivity index is 3.08. The normalized spacial score (nSPS) is 17.3. The van der Waals surface area contributed by atoms with Crippen LogP contribution in [0, 0.1) is 0 Å². The molecule has 1 rings (SSSR count). The van der Waals surface area contributed by atoms with Gasteiger partial charge in [-0.1, -0.05) is 29.9 Å². The lowest BCUT2D eigenvalue weighted by molar-refractivity contribution is 0.426. The van der Waals surface area contributed by atoms with Gasteiger partial charge in [-0.2, -0.15) is 8.42 Å². The summed E-state index contributed by atoms with van der Waals surface area (Å²) in [6, 6.07) is 0. The molecule has 0 radical (unpaired) electrons. The average Bonchev–Trinajstić information content (AvgIpc) is 2.40. The van der Waals surface area contributed by atoms with Crippen LogP contribution in [0.3, 0.4) is 0 Å². The van der Waals surface area contributed by atoms with Crippen molar-refractivity contribution in [3.8, 4) is 0 Å². The van der Waals surface area contributed by atoms with Crippen molar-refractivity contribution >= 4 is 10.1 Å². The zero-order valence-electron chi connectivity index (χ0n) is 10.9. The minimum Gasteiger partial charge on any atom is -0.379 e. The molecule has 0 aliphatic heterocycles. The van der Waals surface area contributed by atoms with E-state index in [0.717, 1.165) is 17.6 Å². The smallest absolute Gasteiger partial charge is 0.338 e. The van der Waals surface area contributed by atoms with Gasteiger partial charge in [-0.05, 0) is 45.4 Å². The second kappa shape index (κ2) is 5.87. The Kier molecular flexibility index (Phi) is 4.73. The van der Waals surface area contributed by atoms with Crippen LogP contribution in [0.4, 0.5) is 0 Å². The maximum Gasteiger partial charge on any atom is 0.338 e. The van der Waals surface area contributed by atoms with E-state index in [4.69, 9.17) is 4.18 Å². The Morgan fingerprint density at radius 3 is 2.61 bits per heavy atom. The molecule has 1 aliphatic carbocycles. The molecule has 0 aromatic rings. The molecule has 0 bridgehead atoms. The minimum atomic E-state index is -3.78. The monoisotopic (exact) mass is 266 g/mol. The molecule has 18 heavy (non-hydrogen) atoms. The number of allylic oxidation sites excluding steroid dienone is 7. The van der Waals surface area contributed by atoms with Crippen molar-refractivity contribution in [2.75, 3.05) is 0 Å². The van der Waals surface area contributed by atoms with Crippen LogP contribution >= 0.6 is 0 Å². The standard InChI is InChI=1S/C14H18O3S/c1-5-14(6-2)18(15,16)17-13-9-11(3)7-8-12(4)10-13/h5-7,9-10H,1,8H2,2-4H3. The summed E-state index contributed by atoms with van der Waals surface area (Å²) in [4.78, 5) is 0.0698. The summed E-state index contributed by atoms with van der Waals surface area (Å²) < 4.78 is 29.0. The maximum absolute atomic E-state index is 11.9. The Morgan fingerprint density at radius 2 is 2.06 bits per heavy atom. The second-order valence-corrected chi connectivity index (χ2v) is 5.67. The molecule has 0 N–H and O–H groups in total. The topological polar surface area (TPSA) is 43.4 Å². The summed E-state index contributed by atoms with van der Waals surface area (Å²) in [6.45, 7) is 8.94. The van der Waals surface area contributed by atoms with E-state index >= 15 is 0 Å². The van der Waals surface area contributed by atoms with Crippen molar-refractivity contribution in [1.82, 2.24) is 0 Å². The van der Waals surface area contributed by atoms with Gasteiger partial charge in [0.1, 0.15) is 10.7 Å². The van der Waals surface area contributed by atoms with Gasteiger partial charge in [0.25, 0.3) is 0 Å². The molecule has 0 heterocycles. The highest BCUT2D eigenvalue weighted by Gasteiger charge is 2.17. The van der Waals surface area contributed by atoms with E-state index in [2.05, 4.69) is 6.58 Å². The predicted molar refractivity (Wildman–Crippen MR) is 74.2 cm³/mol. The molecule has 0 aromatic heterocycles. The quantitative estimate of drug-likeness (QED) is 0.577. The summed E-state index contributed by atoms with van der Waals surface area (Å²) in [5.74, 6) is 0.333. The molecule has 0 saturated heterocycles. The van der Waals surface area contributed by atoms with Crippen LogP contribution in [0.5, 0.6) is 0 Å². The van der Waals surface area contributed by atoms with Gasteiger partial charge in [0.15, 0.2) is 0 Å². The first kappa shape index (κ1) is 14.5. The molecule has 0 unspecified atom stereocenters. The molecule has 0 aromatic carbocycles. The zero-order valence-corrected chi connectivity index (χ0v) is 11.8. The first-order valence-electron chi connectivity index (χ1n) is 5.68. The van der Waals surface area contributed by atoms with Crippen molar-refractivity contribution in [1.29, 1.82) is 0 Å². The molecule has 0 amide bonds. The predicted octanol–water partition coefficient (Wildman–Crippen LogP) is 3.60. The Bertz CT molecular complexity index is 558. The maximum atomic E-state index is 11.9. The van der Waals surface area contributed by atoms with Crippen LogP contribution in [0.15, 0.2) is 58.8 Å². The number of hydrogen-bond donors (Lipinski definition) is 0. The highest BCUT2D eigenvalue weighted by atomic mass is 32.2. The van der Waals surface area contributed by atoms with Gasteiger partial charge in [0, 0.05) is 0 Å². The van der Waals surface area contributed by atoms with Crippen LogP contribution in [0.1, 0.15) is 27.2 Å². The van der Waals surface area contributed by atoms with Gasteiger partial charge in [-0.15, -0.1) is 0 Å². The summed E-state index contributed by atoms with van der Waals surface area (Å²) in [6.07, 6.45) is 9.00. The molecule has 1 aliphatic rings. The van der Waals surface area contributed by atoms with Gasteiger partial charge >= 0.3 is 10.1 Å². The number of rotatable bonds is 4. The van der Waals surface area contributed by atoms with Gasteiger partial charge < -0.3 is 4.18 Å². The van der Waals surface area contributed by atoms with Crippen molar-refractivity contribution in [3.05, 3.63) is 58.8 Å². The molecule has 0 saturated carbocycles. The summed E-state index contributed by atoms with van der Waals surface area (Å²) in [5, 5.41) is 0. The van der Waals surface area contributed by atoms with Gasteiger partial charge in [0.2, 0.25) is 0 Å². The molecule has 4 heteroatoms. The Hall–Kier alpha value is -1.55. The third-order valence-electron chi connectivity index (χ3n) is 2.48. The second-order valence-electron chi connectivity index (χ2n) is 4.12. The first-order chi connectivity index (χ1) is 8.39. The molecular formula is C14H18O3S. The first-order valence-corrected chi connectivity index (χ1v) is 7.08. The van der Waals surface area contributed by atoms with E-state index in [1.165, 1.54) is 12.2 Å². The largest absolute Gasteiger partial charge is 0.379 e. The third-order valence-corrected chi connectivity index (χ3v) is 3.88. The van der Waals surface area contributed by atoms with Crippen LogP contribution in [-0.2, 0) is 14.3 Å². The molecular weight excluding hydrogens is 248 g/mol. The fourth-order valence-electron chi connectivity index (χ4n) is 1.54. The Labute approximate surface area is 109 Å². The van der Waals surface area contributed by atoms with Crippen LogP contribution in [0.2, 0.25) is 0 Å². The third kappa shape index (κ3) is 3.74. The SMILES string of the molecule is C=CC(=CC)S(=O)(=O)OC1=CC(C)=CCC(C)=C1. The van der Waals surface area contributed by atoms with Gasteiger partial charge in [-0.3, -0.25) is 0 Å². The molecule has 0 atom stereocenters. The zero-order chi connectivity index (χ0) is 13.8. The van der Waals surface area contributed by atoms with Crippen LogP contribution in [0.25, 0.3) is 0 Å². The highest BCUT2D eigenvalue weighted by Crippen LogP contribution is 2.21. The lowest BCUT2D eigenvalue weighted by Crippen LogP contribution is -2.06. The van der Waals surface area contributed by atoms with Crippen molar-refractivity contribution in [2.45, 2.75) is 27.2 Å². The van der Waals surface area contributed by atoms with E-state index in [1.807, 2.05) is 19.9 Å². The lowest BCUT2D eigenvalue weighted by atomic mass is 10.2. The fraction of sp³-hybridized carbons (Fsp3) is 0.286. The molecule has 98 valence electrons. The fourth-order valence-corrected chi connectivity index (χ4v) is 2.47. The van der Waals surface area contributed by atoms with E-state index in [-0.39, 0.29) is 4.91 Å². The summed E-state index contributed by atoms with van der Waals surface area (Å²) in [5.41, 5.74) is 2.03. The van der Waals surface area contributed by atoms with E-state index < -0.39 is 10.1 Å².